The van der Waals surface area contributed by atoms with Crippen LogP contribution in [0.4, 0.5) is 23.7 Å². The summed E-state index contributed by atoms with van der Waals surface area (Å²) in [6.07, 6.45) is -2.66. The first-order valence-electron chi connectivity index (χ1n) is 11.6. The molecule has 2 saturated heterocycles. The van der Waals surface area contributed by atoms with Gasteiger partial charge in [-0.25, -0.2) is 4.79 Å². The summed E-state index contributed by atoms with van der Waals surface area (Å²) >= 11 is 0. The number of hydrogen-bond donors (Lipinski definition) is 0. The minimum atomic E-state index is -4.55. The fraction of sp³-hybridized carbons (Fsp3) is 0.423. The second-order valence-electron chi connectivity index (χ2n) is 9.79. The number of rotatable bonds is 2. The number of piperidine rings is 1. The molecular formula is C26H26F3N3O3. The number of carbonyl (C=O) groups excluding carboxylic acids is 3. The van der Waals surface area contributed by atoms with Gasteiger partial charge in [-0.3, -0.25) is 19.4 Å². The molecule has 2 aromatic carbocycles. The molecule has 0 bridgehead atoms. The van der Waals surface area contributed by atoms with E-state index in [0.29, 0.717) is 24.2 Å². The molecule has 2 aromatic rings. The van der Waals surface area contributed by atoms with Gasteiger partial charge < -0.3 is 4.90 Å². The fourth-order valence-electron chi connectivity index (χ4n) is 6.05. The maximum atomic E-state index is 13.7. The van der Waals surface area contributed by atoms with Crippen molar-refractivity contribution in [2.75, 3.05) is 25.5 Å². The lowest BCUT2D eigenvalue weighted by Crippen LogP contribution is -2.72. The SMILES string of the molecule is CN1C(=O)N(C)C(=O)C2(Cc3cc(C(F)(F)F)ccc3N3CC[C@H](Cc4ccccc4)C[C@@H]32)C1=O. The van der Waals surface area contributed by atoms with E-state index in [0.717, 1.165) is 40.3 Å². The Bertz CT molecular complexity index is 1170. The molecule has 0 radical (unpaired) electrons. The van der Waals surface area contributed by atoms with Crippen molar-refractivity contribution in [2.24, 2.45) is 11.3 Å². The van der Waals surface area contributed by atoms with E-state index in [2.05, 4.69) is 0 Å². The molecule has 2 fully saturated rings. The average molecular weight is 486 g/mol. The van der Waals surface area contributed by atoms with Crippen molar-refractivity contribution in [1.29, 1.82) is 0 Å². The Morgan fingerprint density at radius 1 is 0.971 bits per heavy atom. The van der Waals surface area contributed by atoms with Gasteiger partial charge in [0.05, 0.1) is 11.6 Å². The standard InChI is InChI=1S/C26H26F3N3O3/c1-30-22(33)25(23(34)31(2)24(30)35)15-18-14-19(26(27,28)29)8-9-20(18)32-11-10-17(13-21(25)32)12-16-6-4-3-5-7-16/h3-9,14,17,21H,10-13,15H2,1-2H3/t17-,21-/m1/s1. The maximum Gasteiger partial charge on any atom is 0.416 e. The van der Waals surface area contributed by atoms with E-state index in [4.69, 9.17) is 0 Å². The molecule has 1 spiro atoms. The minimum Gasteiger partial charge on any atom is -0.367 e. The summed E-state index contributed by atoms with van der Waals surface area (Å²) < 4.78 is 40.5. The van der Waals surface area contributed by atoms with Gasteiger partial charge in [-0.2, -0.15) is 13.2 Å². The van der Waals surface area contributed by atoms with Gasteiger partial charge in [0.1, 0.15) is 0 Å². The topological polar surface area (TPSA) is 60.9 Å². The minimum absolute atomic E-state index is 0.175. The summed E-state index contributed by atoms with van der Waals surface area (Å²) in [6, 6.07) is 12.2. The summed E-state index contributed by atoms with van der Waals surface area (Å²) in [5.41, 5.74) is -0.414. The Balaban J connectivity index is 1.61. The average Bonchev–Trinajstić information content (AvgIpc) is 2.84. The Labute approximate surface area is 201 Å². The van der Waals surface area contributed by atoms with Gasteiger partial charge in [0.15, 0.2) is 5.41 Å². The molecule has 0 aromatic heterocycles. The molecule has 35 heavy (non-hydrogen) atoms. The highest BCUT2D eigenvalue weighted by Gasteiger charge is 2.63. The lowest BCUT2D eigenvalue weighted by molar-refractivity contribution is -0.160. The molecule has 3 aliphatic heterocycles. The first-order chi connectivity index (χ1) is 16.5. The molecule has 6 nitrogen and oxygen atoms in total. The predicted octanol–water partition coefficient (Wildman–Crippen LogP) is 4.13. The number of nitrogens with zero attached hydrogens (tertiary/aromatic N) is 3. The highest BCUT2D eigenvalue weighted by molar-refractivity contribution is 6.20. The molecule has 5 rings (SSSR count). The molecular weight excluding hydrogens is 459 g/mol. The van der Waals surface area contributed by atoms with E-state index in [1.165, 1.54) is 20.2 Å². The lowest BCUT2D eigenvalue weighted by atomic mass is 9.64. The predicted molar refractivity (Wildman–Crippen MR) is 123 cm³/mol. The molecule has 9 heteroatoms. The number of anilines is 1. The normalized spacial score (nSPS) is 24.0. The third-order valence-corrected chi connectivity index (χ3v) is 7.78. The van der Waals surface area contributed by atoms with Crippen LogP contribution < -0.4 is 4.90 Å². The second kappa shape index (κ2) is 8.10. The zero-order chi connectivity index (χ0) is 25.1. The number of urea groups is 1. The van der Waals surface area contributed by atoms with Gasteiger partial charge in [0, 0.05) is 26.3 Å². The van der Waals surface area contributed by atoms with Crippen LogP contribution in [-0.2, 0) is 28.6 Å². The highest BCUT2D eigenvalue weighted by Crippen LogP contribution is 2.50. The van der Waals surface area contributed by atoms with Crippen molar-refractivity contribution in [3.8, 4) is 0 Å². The van der Waals surface area contributed by atoms with Gasteiger partial charge in [-0.15, -0.1) is 0 Å². The molecule has 4 amide bonds. The van der Waals surface area contributed by atoms with Crippen LogP contribution in [0.5, 0.6) is 0 Å². The number of benzene rings is 2. The van der Waals surface area contributed by atoms with E-state index >= 15 is 0 Å². The van der Waals surface area contributed by atoms with Crippen molar-refractivity contribution in [1.82, 2.24) is 9.80 Å². The molecule has 0 aliphatic carbocycles. The molecule has 0 saturated carbocycles. The van der Waals surface area contributed by atoms with E-state index in [1.807, 2.05) is 35.2 Å². The Morgan fingerprint density at radius 2 is 1.63 bits per heavy atom. The largest absolute Gasteiger partial charge is 0.416 e. The zero-order valence-electron chi connectivity index (χ0n) is 19.5. The quantitative estimate of drug-likeness (QED) is 0.601. The first kappa shape index (κ1) is 23.4. The molecule has 0 unspecified atom stereocenters. The van der Waals surface area contributed by atoms with Gasteiger partial charge in [0.25, 0.3) is 0 Å². The molecule has 0 N–H and O–H groups in total. The number of amides is 4. The van der Waals surface area contributed by atoms with Crippen molar-refractivity contribution in [2.45, 2.75) is 37.9 Å². The first-order valence-corrected chi connectivity index (χ1v) is 11.6. The van der Waals surface area contributed by atoms with Crippen LogP contribution in [0, 0.1) is 11.3 Å². The Hall–Kier alpha value is -3.36. The van der Waals surface area contributed by atoms with Crippen LogP contribution in [0.3, 0.4) is 0 Å². The Kier molecular flexibility index (Phi) is 5.41. The van der Waals surface area contributed by atoms with E-state index in [9.17, 15) is 27.6 Å². The van der Waals surface area contributed by atoms with Crippen molar-refractivity contribution < 1.29 is 27.6 Å². The third-order valence-electron chi connectivity index (χ3n) is 7.78. The number of hydrogen-bond acceptors (Lipinski definition) is 4. The molecule has 2 atom stereocenters. The van der Waals surface area contributed by atoms with Crippen LogP contribution in [0.15, 0.2) is 48.5 Å². The van der Waals surface area contributed by atoms with E-state index in [1.54, 1.807) is 0 Å². The van der Waals surface area contributed by atoms with Crippen LogP contribution in [0.2, 0.25) is 0 Å². The number of alkyl halides is 3. The van der Waals surface area contributed by atoms with Crippen LogP contribution in [0.1, 0.15) is 29.5 Å². The maximum absolute atomic E-state index is 13.7. The van der Waals surface area contributed by atoms with E-state index < -0.39 is 41.0 Å². The molecule has 3 heterocycles. The molecule has 184 valence electrons. The smallest absolute Gasteiger partial charge is 0.367 e. The summed E-state index contributed by atoms with van der Waals surface area (Å²) in [6.45, 7) is 0.504. The van der Waals surface area contributed by atoms with Crippen molar-refractivity contribution in [3.63, 3.8) is 0 Å². The van der Waals surface area contributed by atoms with Gasteiger partial charge in [0.2, 0.25) is 11.8 Å². The van der Waals surface area contributed by atoms with E-state index in [-0.39, 0.29) is 12.3 Å². The second-order valence-corrected chi connectivity index (χ2v) is 9.79. The summed E-state index contributed by atoms with van der Waals surface area (Å²) in [5.74, 6) is -1.12. The number of halogens is 3. The number of fused-ring (bicyclic) bond motifs is 4. The number of imide groups is 2. The van der Waals surface area contributed by atoms with Gasteiger partial charge in [-0.05, 0) is 60.9 Å². The third kappa shape index (κ3) is 3.59. The van der Waals surface area contributed by atoms with Crippen LogP contribution in [0.25, 0.3) is 0 Å². The molecule has 3 aliphatic rings. The fourth-order valence-corrected chi connectivity index (χ4v) is 6.05. The summed E-state index contributed by atoms with van der Waals surface area (Å²) in [7, 11) is 2.65. The monoisotopic (exact) mass is 485 g/mol. The Morgan fingerprint density at radius 3 is 2.26 bits per heavy atom. The number of carbonyl (C=O) groups is 3. The highest BCUT2D eigenvalue weighted by atomic mass is 19.4. The summed E-state index contributed by atoms with van der Waals surface area (Å²) in [4.78, 5) is 43.7. The van der Waals surface area contributed by atoms with Crippen LogP contribution >= 0.6 is 0 Å². The summed E-state index contributed by atoms with van der Waals surface area (Å²) in [5, 5.41) is 0. The van der Waals surface area contributed by atoms with Crippen LogP contribution in [-0.4, -0.2) is 54.3 Å². The van der Waals surface area contributed by atoms with Gasteiger partial charge >= 0.3 is 12.2 Å². The lowest BCUT2D eigenvalue weighted by Gasteiger charge is -2.55. The van der Waals surface area contributed by atoms with Crippen molar-refractivity contribution in [3.05, 3.63) is 65.2 Å². The van der Waals surface area contributed by atoms with Gasteiger partial charge in [-0.1, -0.05) is 30.3 Å². The zero-order valence-corrected chi connectivity index (χ0v) is 19.5. The van der Waals surface area contributed by atoms with Crippen molar-refractivity contribution >= 4 is 23.5 Å². The number of barbiturate groups is 1.